The number of likely N-dealkylation sites (tertiary alicyclic amines) is 1. The smallest absolute Gasteiger partial charge is 0.404 e. The molecule has 10 nitrogen and oxygen atoms in total. The summed E-state index contributed by atoms with van der Waals surface area (Å²) >= 11 is 0. The number of nitrogens with zero attached hydrogens (tertiary/aromatic N) is 5. The van der Waals surface area contributed by atoms with Gasteiger partial charge < -0.3 is 20.2 Å². The Morgan fingerprint density at radius 2 is 1.76 bits per heavy atom. The second kappa shape index (κ2) is 12.9. The van der Waals surface area contributed by atoms with Crippen LogP contribution in [0.5, 0.6) is 0 Å². The zero-order valence-electron chi connectivity index (χ0n) is 25.8. The lowest BCUT2D eigenvalue weighted by atomic mass is 9.58. The molecule has 0 radical (unpaired) electrons. The highest BCUT2D eigenvalue weighted by Gasteiger charge is 2.52. The summed E-state index contributed by atoms with van der Waals surface area (Å²) in [6.07, 6.45) is 5.43. The first kappa shape index (κ1) is 31.1. The molecule has 1 saturated carbocycles. The quantitative estimate of drug-likeness (QED) is 0.334. The van der Waals surface area contributed by atoms with E-state index in [1.165, 1.54) is 10.7 Å². The monoisotopic (exact) mass is 630 g/mol. The average molecular weight is 631 g/mol. The van der Waals surface area contributed by atoms with E-state index >= 15 is 0 Å². The molecule has 3 unspecified atom stereocenters. The zero-order valence-corrected chi connectivity index (χ0v) is 26.6. The average Bonchev–Trinajstić information content (AvgIpc) is 3.69. The third-order valence-corrected chi connectivity index (χ3v) is 12.0. The Hall–Kier alpha value is -3.88. The molecule has 3 atom stereocenters. The molecule has 1 amide bonds. The van der Waals surface area contributed by atoms with Gasteiger partial charge in [0.15, 0.2) is 5.03 Å². The fourth-order valence-electron chi connectivity index (χ4n) is 8.13. The van der Waals surface area contributed by atoms with E-state index in [0.717, 1.165) is 76.1 Å². The summed E-state index contributed by atoms with van der Waals surface area (Å²) in [7, 11) is -1.93. The molecule has 3 aromatic rings. The molecule has 2 aromatic carbocycles. The van der Waals surface area contributed by atoms with Crippen LogP contribution < -0.4 is 10.2 Å². The molecule has 2 N–H and O–H groups in total. The van der Waals surface area contributed by atoms with E-state index in [9.17, 15) is 23.6 Å². The van der Waals surface area contributed by atoms with Gasteiger partial charge >= 0.3 is 6.09 Å². The number of benzene rings is 2. The van der Waals surface area contributed by atoms with Gasteiger partial charge in [-0.25, -0.2) is 13.2 Å². The molecule has 3 aliphatic rings. The van der Waals surface area contributed by atoms with Crippen LogP contribution in [0.4, 0.5) is 10.5 Å². The van der Waals surface area contributed by atoms with Crippen molar-refractivity contribution in [1.29, 1.82) is 5.26 Å². The number of aromatic nitrogens is 2. The van der Waals surface area contributed by atoms with Crippen LogP contribution >= 0.6 is 0 Å². The van der Waals surface area contributed by atoms with Crippen LogP contribution in [0.2, 0.25) is 0 Å². The van der Waals surface area contributed by atoms with Crippen LogP contribution in [0, 0.1) is 35.0 Å². The Labute approximate surface area is 265 Å². The van der Waals surface area contributed by atoms with Crippen molar-refractivity contribution < 1.29 is 18.3 Å². The standard InChI is InChI=1S/C34H42N6O4S/c1-38-17-16-32(37-38)45(43,44)30-12-10-29(11-13-30)40-22-25(23-40)21-39-18-14-28(15-19-39)34(24-35,27-7-3-2-4-8-27)31-9-5-6-26(31)20-36-33(41)42/h2-4,7-8,10-13,16-17,25-26,28,31,36H,5-6,9,14-15,18-23H2,1H3,(H,41,42). The molecular formula is C34H42N6O4S. The normalized spacial score (nSPS) is 22.8. The first-order valence-electron chi connectivity index (χ1n) is 16.0. The van der Waals surface area contributed by atoms with Crippen molar-refractivity contribution in [1.82, 2.24) is 20.0 Å². The van der Waals surface area contributed by atoms with Crippen molar-refractivity contribution in [3.8, 4) is 6.07 Å². The fourth-order valence-corrected chi connectivity index (χ4v) is 9.34. The molecule has 3 heterocycles. The van der Waals surface area contributed by atoms with Gasteiger partial charge in [-0.3, -0.25) is 4.68 Å². The molecule has 1 aromatic heterocycles. The molecule has 0 bridgehead atoms. The van der Waals surface area contributed by atoms with Crippen molar-refractivity contribution in [2.75, 3.05) is 44.2 Å². The highest BCUT2D eigenvalue weighted by molar-refractivity contribution is 7.91. The summed E-state index contributed by atoms with van der Waals surface area (Å²) in [4.78, 5) is 16.4. The van der Waals surface area contributed by atoms with Crippen LogP contribution in [0.3, 0.4) is 0 Å². The molecule has 2 saturated heterocycles. The van der Waals surface area contributed by atoms with Gasteiger partial charge in [0.1, 0.15) is 0 Å². The minimum absolute atomic E-state index is 0.0552. The predicted octanol–water partition coefficient (Wildman–Crippen LogP) is 4.55. The van der Waals surface area contributed by atoms with Crippen LogP contribution in [-0.4, -0.2) is 73.6 Å². The van der Waals surface area contributed by atoms with E-state index in [1.807, 2.05) is 30.3 Å². The minimum atomic E-state index is -3.63. The number of hydrogen-bond donors (Lipinski definition) is 2. The Morgan fingerprint density at radius 1 is 1.04 bits per heavy atom. The maximum absolute atomic E-state index is 12.9. The Balaban J connectivity index is 1.06. The van der Waals surface area contributed by atoms with Crippen molar-refractivity contribution >= 4 is 21.6 Å². The Kier molecular flexibility index (Phi) is 8.89. The highest BCUT2D eigenvalue weighted by Crippen LogP contribution is 2.52. The largest absolute Gasteiger partial charge is 0.465 e. The van der Waals surface area contributed by atoms with Gasteiger partial charge in [-0.05, 0) is 92.4 Å². The van der Waals surface area contributed by atoms with E-state index < -0.39 is 21.3 Å². The lowest BCUT2D eigenvalue weighted by Crippen LogP contribution is -2.54. The number of amides is 1. The van der Waals surface area contributed by atoms with Gasteiger partial charge in [0.25, 0.3) is 0 Å². The number of piperidine rings is 1. The van der Waals surface area contributed by atoms with Crippen LogP contribution in [0.25, 0.3) is 0 Å². The van der Waals surface area contributed by atoms with Gasteiger partial charge in [-0.1, -0.05) is 36.8 Å². The number of aryl methyl sites for hydroxylation is 1. The number of carbonyl (C=O) groups is 1. The van der Waals surface area contributed by atoms with Crippen molar-refractivity contribution in [3.63, 3.8) is 0 Å². The van der Waals surface area contributed by atoms with E-state index in [1.54, 1.807) is 25.4 Å². The minimum Gasteiger partial charge on any atom is -0.465 e. The summed E-state index contributed by atoms with van der Waals surface area (Å²) in [6.45, 7) is 5.16. The van der Waals surface area contributed by atoms with E-state index in [0.29, 0.717) is 12.5 Å². The van der Waals surface area contributed by atoms with Crippen LogP contribution in [-0.2, 0) is 22.3 Å². The molecule has 2 aliphatic heterocycles. The maximum Gasteiger partial charge on any atom is 0.404 e. The Bertz CT molecular complexity index is 1620. The molecule has 0 spiro atoms. The number of anilines is 1. The van der Waals surface area contributed by atoms with Gasteiger partial charge in [0.2, 0.25) is 9.84 Å². The third-order valence-electron chi connectivity index (χ3n) is 10.4. The first-order valence-corrected chi connectivity index (χ1v) is 17.4. The molecule has 1 aliphatic carbocycles. The summed E-state index contributed by atoms with van der Waals surface area (Å²) < 4.78 is 27.2. The van der Waals surface area contributed by atoms with Crippen molar-refractivity contribution in [2.45, 2.75) is 47.4 Å². The highest BCUT2D eigenvalue weighted by atomic mass is 32.2. The SMILES string of the molecule is Cn1ccc(S(=O)(=O)c2ccc(N3CC(CN4CCC(C(C#N)(c5ccccc5)C5CCCC5CNC(=O)O)CC4)C3)cc2)n1. The lowest BCUT2D eigenvalue weighted by Gasteiger charge is -2.48. The molecule has 45 heavy (non-hydrogen) atoms. The van der Waals surface area contributed by atoms with E-state index in [4.69, 9.17) is 0 Å². The summed E-state index contributed by atoms with van der Waals surface area (Å²) in [5.41, 5.74) is 1.47. The van der Waals surface area contributed by atoms with Crippen LogP contribution in [0.1, 0.15) is 37.7 Å². The lowest BCUT2D eigenvalue weighted by molar-refractivity contribution is 0.0903. The van der Waals surface area contributed by atoms with Crippen LogP contribution in [0.15, 0.2) is 76.8 Å². The fraction of sp³-hybridized carbons (Fsp3) is 0.500. The predicted molar refractivity (Wildman–Crippen MR) is 171 cm³/mol. The molecular weight excluding hydrogens is 588 g/mol. The number of sulfone groups is 1. The van der Waals surface area contributed by atoms with E-state index in [-0.39, 0.29) is 27.7 Å². The second-order valence-corrected chi connectivity index (χ2v) is 14.9. The molecule has 3 fully saturated rings. The first-order chi connectivity index (χ1) is 21.7. The summed E-state index contributed by atoms with van der Waals surface area (Å²) in [5.74, 6) is 1.04. The maximum atomic E-state index is 12.9. The number of hydrogen-bond acceptors (Lipinski definition) is 7. The molecule has 6 rings (SSSR count). The number of rotatable bonds is 10. The number of carboxylic acid groups (broad SMARTS) is 1. The molecule has 11 heteroatoms. The van der Waals surface area contributed by atoms with Gasteiger partial charge in [0.05, 0.1) is 16.4 Å². The van der Waals surface area contributed by atoms with Gasteiger partial charge in [0, 0.05) is 51.0 Å². The Morgan fingerprint density at radius 3 is 2.38 bits per heavy atom. The summed E-state index contributed by atoms with van der Waals surface area (Å²) in [5, 5.41) is 26.9. The third kappa shape index (κ3) is 6.18. The zero-order chi connectivity index (χ0) is 31.6. The molecule has 238 valence electrons. The van der Waals surface area contributed by atoms with Crippen molar-refractivity contribution in [2.24, 2.45) is 30.7 Å². The second-order valence-electron chi connectivity index (χ2n) is 13.0. The summed E-state index contributed by atoms with van der Waals surface area (Å²) in [6, 6.07) is 21.7. The topological polar surface area (TPSA) is 132 Å². The van der Waals surface area contributed by atoms with E-state index in [2.05, 4.69) is 38.4 Å². The number of nitrogens with one attached hydrogen (secondary N) is 1. The van der Waals surface area contributed by atoms with Crippen molar-refractivity contribution in [3.05, 3.63) is 72.4 Å². The number of nitriles is 1. The van der Waals surface area contributed by atoms with Gasteiger partial charge in [-0.15, -0.1) is 0 Å². The van der Waals surface area contributed by atoms with Gasteiger partial charge in [-0.2, -0.15) is 10.4 Å².